The third kappa shape index (κ3) is 3.58. The molecule has 0 aliphatic heterocycles. The summed E-state index contributed by atoms with van der Waals surface area (Å²) in [5.74, 6) is -3.37. The Morgan fingerprint density at radius 1 is 1.27 bits per heavy atom. The van der Waals surface area contributed by atoms with Gasteiger partial charge in [-0.3, -0.25) is 0 Å². The number of halogens is 4. The molecule has 0 aliphatic carbocycles. The largest absolute Gasteiger partial charge is 0.278 e. The van der Waals surface area contributed by atoms with Gasteiger partial charge in [-0.2, -0.15) is 0 Å². The maximum atomic E-state index is 12.4. The van der Waals surface area contributed by atoms with E-state index in [1.807, 2.05) is 0 Å². The summed E-state index contributed by atoms with van der Waals surface area (Å²) in [4.78, 5) is 0. The van der Waals surface area contributed by atoms with Crippen LogP contribution in [0.2, 0.25) is 0 Å². The molecule has 0 aliphatic rings. The first-order chi connectivity index (χ1) is 4.90. The van der Waals surface area contributed by atoms with E-state index in [4.69, 9.17) is 0 Å². The molecule has 0 aromatic rings. The summed E-state index contributed by atoms with van der Waals surface area (Å²) in [5.41, 5.74) is 0. The highest BCUT2D eigenvalue weighted by Crippen LogP contribution is 2.28. The van der Waals surface area contributed by atoms with Crippen molar-refractivity contribution < 1.29 is 17.6 Å². The van der Waals surface area contributed by atoms with Crippen molar-refractivity contribution in [2.75, 3.05) is 0 Å². The Morgan fingerprint density at radius 3 is 2.00 bits per heavy atom. The van der Waals surface area contributed by atoms with E-state index in [0.717, 1.165) is 6.92 Å². The Balaban J connectivity index is 3.90. The van der Waals surface area contributed by atoms with Crippen molar-refractivity contribution in [3.05, 3.63) is 0 Å². The zero-order chi connectivity index (χ0) is 9.07. The van der Waals surface area contributed by atoms with Crippen LogP contribution in [0.3, 0.4) is 0 Å². The molecule has 0 N–H and O–H groups in total. The van der Waals surface area contributed by atoms with Gasteiger partial charge in [0.2, 0.25) is 0 Å². The lowest BCUT2D eigenvalue weighted by Gasteiger charge is -2.18. The lowest BCUT2D eigenvalue weighted by Crippen LogP contribution is -2.30. The van der Waals surface area contributed by atoms with E-state index in [1.165, 1.54) is 6.92 Å². The Kier molecular flexibility index (Phi) is 3.83. The molecule has 0 nitrogen and oxygen atoms in total. The fourth-order valence-corrected chi connectivity index (χ4v) is 0.679. The van der Waals surface area contributed by atoms with E-state index in [1.54, 1.807) is 0 Å². The molecule has 0 aromatic carbocycles. The van der Waals surface area contributed by atoms with E-state index in [-0.39, 0.29) is 0 Å². The standard InChI is InChI=1S/C7H12F4/c1-3-7(10,11)6(9)4-5(2)8/h5-6H,3-4H2,1-2H3/t5?,6-/m0/s1. The van der Waals surface area contributed by atoms with Gasteiger partial charge >= 0.3 is 0 Å². The number of hydrogen-bond acceptors (Lipinski definition) is 0. The van der Waals surface area contributed by atoms with Crippen LogP contribution in [0.25, 0.3) is 0 Å². The van der Waals surface area contributed by atoms with Crippen molar-refractivity contribution in [1.82, 2.24) is 0 Å². The van der Waals surface area contributed by atoms with E-state index < -0.39 is 31.1 Å². The van der Waals surface area contributed by atoms with Crippen molar-refractivity contribution in [2.24, 2.45) is 0 Å². The molecule has 0 spiro atoms. The van der Waals surface area contributed by atoms with Crippen molar-refractivity contribution in [3.63, 3.8) is 0 Å². The zero-order valence-corrected chi connectivity index (χ0v) is 6.58. The Hall–Kier alpha value is -0.280. The summed E-state index contributed by atoms with van der Waals surface area (Å²) in [7, 11) is 0. The predicted octanol–water partition coefficient (Wildman–Crippen LogP) is 3.12. The highest BCUT2D eigenvalue weighted by molar-refractivity contribution is 4.76. The maximum Gasteiger partial charge on any atom is 0.278 e. The van der Waals surface area contributed by atoms with Gasteiger partial charge < -0.3 is 0 Å². The molecule has 0 heterocycles. The van der Waals surface area contributed by atoms with Crippen molar-refractivity contribution in [2.45, 2.75) is 45.0 Å². The Morgan fingerprint density at radius 2 is 1.73 bits per heavy atom. The lowest BCUT2D eigenvalue weighted by atomic mass is 10.1. The fourth-order valence-electron chi connectivity index (χ4n) is 0.679. The molecule has 0 saturated heterocycles. The number of alkyl halides is 4. The summed E-state index contributed by atoms with van der Waals surface area (Å²) in [6.45, 7) is 2.24. The van der Waals surface area contributed by atoms with Gasteiger partial charge in [0.25, 0.3) is 5.92 Å². The first kappa shape index (κ1) is 10.7. The number of hydrogen-bond donors (Lipinski definition) is 0. The molecular weight excluding hydrogens is 160 g/mol. The van der Waals surface area contributed by atoms with Crippen molar-refractivity contribution in [1.29, 1.82) is 0 Å². The molecule has 0 saturated carbocycles. The van der Waals surface area contributed by atoms with Gasteiger partial charge in [-0.1, -0.05) is 6.92 Å². The highest BCUT2D eigenvalue weighted by Gasteiger charge is 2.38. The third-order valence-electron chi connectivity index (χ3n) is 1.46. The second-order valence-electron chi connectivity index (χ2n) is 2.60. The van der Waals surface area contributed by atoms with Gasteiger partial charge in [0, 0.05) is 12.8 Å². The third-order valence-corrected chi connectivity index (χ3v) is 1.46. The summed E-state index contributed by atoms with van der Waals surface area (Å²) >= 11 is 0. The lowest BCUT2D eigenvalue weighted by molar-refractivity contribution is -0.0828. The van der Waals surface area contributed by atoms with Gasteiger partial charge in [0.05, 0.1) is 0 Å². The summed E-state index contributed by atoms with van der Waals surface area (Å²) < 4.78 is 49.2. The van der Waals surface area contributed by atoms with Crippen molar-refractivity contribution in [3.8, 4) is 0 Å². The van der Waals surface area contributed by atoms with Gasteiger partial charge in [-0.05, 0) is 6.92 Å². The van der Waals surface area contributed by atoms with E-state index >= 15 is 0 Å². The molecule has 1 unspecified atom stereocenters. The van der Waals surface area contributed by atoms with Crippen LogP contribution in [0, 0.1) is 0 Å². The quantitative estimate of drug-likeness (QED) is 0.571. The van der Waals surface area contributed by atoms with Gasteiger partial charge in [-0.15, -0.1) is 0 Å². The van der Waals surface area contributed by atoms with E-state index in [9.17, 15) is 17.6 Å². The Bertz CT molecular complexity index is 111. The van der Waals surface area contributed by atoms with Crippen LogP contribution in [0.15, 0.2) is 0 Å². The normalized spacial score (nSPS) is 18.0. The average molecular weight is 172 g/mol. The molecule has 0 amide bonds. The molecular formula is C7H12F4. The maximum absolute atomic E-state index is 12.4. The molecule has 11 heavy (non-hydrogen) atoms. The highest BCUT2D eigenvalue weighted by atomic mass is 19.3. The molecule has 4 heteroatoms. The summed E-state index contributed by atoms with van der Waals surface area (Å²) in [5, 5.41) is 0. The van der Waals surface area contributed by atoms with Crippen LogP contribution in [-0.4, -0.2) is 18.3 Å². The predicted molar refractivity (Wildman–Crippen MR) is 35.3 cm³/mol. The summed E-state index contributed by atoms with van der Waals surface area (Å²) in [6, 6.07) is 0. The van der Waals surface area contributed by atoms with Gasteiger partial charge in [0.1, 0.15) is 6.17 Å². The minimum atomic E-state index is -3.37. The van der Waals surface area contributed by atoms with Crippen LogP contribution in [0.1, 0.15) is 26.7 Å². The first-order valence-corrected chi connectivity index (χ1v) is 3.56. The second kappa shape index (κ2) is 3.93. The molecule has 2 atom stereocenters. The molecule has 0 rings (SSSR count). The van der Waals surface area contributed by atoms with Crippen LogP contribution in [0.5, 0.6) is 0 Å². The molecule has 68 valence electrons. The minimum absolute atomic E-state index is 0.582. The van der Waals surface area contributed by atoms with E-state index in [2.05, 4.69) is 0 Å². The SMILES string of the molecule is CCC(F)(F)[C@@H](F)CC(C)F. The topological polar surface area (TPSA) is 0 Å². The van der Waals surface area contributed by atoms with Crippen LogP contribution < -0.4 is 0 Å². The summed E-state index contributed by atoms with van der Waals surface area (Å²) in [6.07, 6.45) is -5.17. The second-order valence-corrected chi connectivity index (χ2v) is 2.60. The first-order valence-electron chi connectivity index (χ1n) is 3.56. The Labute approximate surface area is 63.6 Å². The van der Waals surface area contributed by atoms with Crippen molar-refractivity contribution >= 4 is 0 Å². The van der Waals surface area contributed by atoms with E-state index in [0.29, 0.717) is 0 Å². The van der Waals surface area contributed by atoms with Crippen LogP contribution >= 0.6 is 0 Å². The van der Waals surface area contributed by atoms with Gasteiger partial charge in [0.15, 0.2) is 6.17 Å². The van der Waals surface area contributed by atoms with Crippen LogP contribution in [-0.2, 0) is 0 Å². The minimum Gasteiger partial charge on any atom is -0.248 e. The smallest absolute Gasteiger partial charge is 0.248 e. The molecule has 0 bridgehead atoms. The average Bonchev–Trinajstić information content (AvgIpc) is 1.86. The fraction of sp³-hybridized carbons (Fsp3) is 1.00. The molecule has 0 radical (unpaired) electrons. The molecule has 0 aromatic heterocycles. The number of rotatable bonds is 4. The molecule has 0 fully saturated rings. The zero-order valence-electron chi connectivity index (χ0n) is 6.58. The van der Waals surface area contributed by atoms with Crippen LogP contribution in [0.4, 0.5) is 17.6 Å². The van der Waals surface area contributed by atoms with Gasteiger partial charge in [-0.25, -0.2) is 17.6 Å². The monoisotopic (exact) mass is 172 g/mol.